The van der Waals surface area contributed by atoms with Crippen LogP contribution in [-0.2, 0) is 48.5 Å². The number of carbonyl (C=O) groups is 5. The van der Waals surface area contributed by atoms with Gasteiger partial charge in [-0.1, -0.05) is 76.5 Å². The third-order valence-electron chi connectivity index (χ3n) is 22.8. The lowest BCUT2D eigenvalue weighted by Gasteiger charge is -2.32. The van der Waals surface area contributed by atoms with Gasteiger partial charge in [0.2, 0.25) is 0 Å². The second kappa shape index (κ2) is 52.2. The number of pyridine rings is 5. The molecule has 11 heterocycles. The van der Waals surface area contributed by atoms with Crippen molar-refractivity contribution >= 4 is 91.2 Å². The molecule has 16 rings (SSSR count). The second-order valence-electron chi connectivity index (χ2n) is 32.6. The second-order valence-corrected chi connectivity index (χ2v) is 34.1. The number of aryl methyl sites for hydroxylation is 7. The van der Waals surface area contributed by atoms with E-state index in [0.717, 1.165) is 121 Å². The quantitative estimate of drug-likeness (QED) is 0.0245. The van der Waals surface area contributed by atoms with Gasteiger partial charge in [-0.15, -0.1) is 0 Å². The van der Waals surface area contributed by atoms with Crippen molar-refractivity contribution in [3.05, 3.63) is 247 Å². The molecule has 8 aromatic heterocycles. The summed E-state index contributed by atoms with van der Waals surface area (Å²) in [4.78, 5) is 85.6. The standard InChI is InChI=1S/C21H19N5O3.C19H18N4O3.C17H18BrNO4.C17H19NO4.C13H20BNO4.C10H11BrO2.C3H5N3.C3H5N.CH4/c1-13-6-14(15-8-18(28-2)20(29-3)23-9-15)7-16-11-26(21(27)19(13)16)17-10-24-25(12-17)5-4-22;1-11-4-12(13-6-16(25-2)18(26-3)20-7-13)5-14-10-23(19(24)17(11)14)15-8-21-22-9-15;1-10-5-11(6-12(8-18)15(10)17(20)23-4)13-7-14(21-2)16(22-3)19-9-13;1-10-6-12(7-11(2)15(10)17(19)22-5)13-8-14(20-3)16(21-4)18-9-13;1-12(2)13(3,4)19-14(18-12)9-7-10(16-5)11(17-6)15-8-9;1-6-4-8(11)5-7(2)9(6)10(12)13-3;4-3-1-5-6-2-3;1-2-3-4;/h6-10,12H,5,11H2,1-3H3;4-9H,10H2,1-3H3,(H,21,22);5-7,9H,8H2,1-4H3;6-9H,1-5H3;7-8H,1-6H3;4-5H,1-3H3;1-2H,4H2,(H,5,6);2H2,1H3;1H4. The molecule has 752 valence electrons. The summed E-state index contributed by atoms with van der Waals surface area (Å²) in [6, 6.07) is 32.8. The van der Waals surface area contributed by atoms with Crippen molar-refractivity contribution in [3.8, 4) is 115 Å². The number of esters is 3. The average Bonchev–Trinajstić information content (AvgIpc) is 1.63. The number of methoxy groups -OCH3 is 13. The molecule has 0 bridgehead atoms. The van der Waals surface area contributed by atoms with E-state index in [-0.39, 0.29) is 54.9 Å². The number of rotatable bonds is 22. The van der Waals surface area contributed by atoms with Gasteiger partial charge in [-0.2, -0.15) is 25.8 Å². The van der Waals surface area contributed by atoms with Crippen LogP contribution in [0, 0.1) is 71.1 Å². The van der Waals surface area contributed by atoms with Crippen molar-refractivity contribution < 1.29 is 94.9 Å². The Morgan fingerprint density at radius 2 is 0.783 bits per heavy atom. The number of amides is 2. The van der Waals surface area contributed by atoms with E-state index in [2.05, 4.69) is 87.0 Å². The van der Waals surface area contributed by atoms with E-state index in [4.69, 9.17) is 82.4 Å². The predicted molar refractivity (Wildman–Crippen MR) is 551 cm³/mol. The Labute approximate surface area is 849 Å². The Balaban J connectivity index is 0.000000208. The summed E-state index contributed by atoms with van der Waals surface area (Å²) in [5.41, 5.74) is 27.1. The number of fused-ring (bicyclic) bond motifs is 2. The van der Waals surface area contributed by atoms with E-state index in [1.807, 2.05) is 186 Å². The number of halogens is 2. The van der Waals surface area contributed by atoms with Crippen LogP contribution in [-0.4, -0.2) is 196 Å². The molecule has 0 radical (unpaired) electrons. The highest BCUT2D eigenvalue weighted by Crippen LogP contribution is 2.42. The highest BCUT2D eigenvalue weighted by atomic mass is 79.9. The molecule has 1 fully saturated rings. The van der Waals surface area contributed by atoms with Crippen LogP contribution >= 0.6 is 31.9 Å². The van der Waals surface area contributed by atoms with Crippen molar-refractivity contribution in [1.82, 2.24) is 55.1 Å². The van der Waals surface area contributed by atoms with Gasteiger partial charge in [0.15, 0.2) is 28.7 Å². The smallest absolute Gasteiger partial charge is 0.491 e. The number of nitrogens with two attached hydrogens (primary N) is 1. The number of carbonyl (C=O) groups excluding carboxylic acids is 5. The minimum absolute atomic E-state index is 0. The van der Waals surface area contributed by atoms with Crippen LogP contribution in [0.3, 0.4) is 0 Å². The van der Waals surface area contributed by atoms with Gasteiger partial charge in [0.25, 0.3) is 41.2 Å². The molecule has 3 aliphatic heterocycles. The lowest BCUT2D eigenvalue weighted by atomic mass is 9.80. The Morgan fingerprint density at radius 1 is 0.441 bits per heavy atom. The van der Waals surface area contributed by atoms with Crippen LogP contribution < -0.4 is 68.4 Å². The van der Waals surface area contributed by atoms with Gasteiger partial charge in [-0.3, -0.25) is 24.5 Å². The van der Waals surface area contributed by atoms with Crippen molar-refractivity contribution in [2.24, 2.45) is 0 Å². The van der Waals surface area contributed by atoms with Crippen LogP contribution in [0.25, 0.3) is 44.5 Å². The molecule has 13 aromatic rings. The number of aromatic nitrogens is 11. The average molecular weight is 2080 g/mol. The Bertz CT molecular complexity index is 6660. The molecule has 2 amide bonds. The summed E-state index contributed by atoms with van der Waals surface area (Å²) in [6.07, 6.45) is 19.1. The zero-order valence-corrected chi connectivity index (χ0v) is 87.1. The number of hydrogen-bond donors (Lipinski definition) is 3. The maximum Gasteiger partial charge on any atom is 0.496 e. The number of nitrogen functional groups attached to an aromatic ring is 1. The molecule has 39 heteroatoms. The number of alkyl halides is 1. The SMILES string of the molecule is C.CCC#N.COC(=O)c1c(C)cc(-c2cnc(OC)c(OC)c2)cc1C.COC(=O)c1c(C)cc(-c2cnc(OC)c(OC)c2)cc1CBr.COC(=O)c1c(C)cc(Br)cc1C.COc1cc(-c2cc(C)c3c(c2)CN(c2cn[nH]c2)C3=O)cnc1OC.COc1cc(-c2cc(C)c3c(c2)CN(c2cnn(CC#N)c2)C3=O)cnc1OC.COc1cc(B2OC(C)(C)C(C)(C)O2)cnc1OC.Nc1cn[nH]c1. The number of H-pyrrole nitrogens is 2. The molecule has 36 nitrogen and oxygen atoms in total. The van der Waals surface area contributed by atoms with E-state index in [9.17, 15) is 24.0 Å². The minimum atomic E-state index is -0.447. The lowest BCUT2D eigenvalue weighted by Crippen LogP contribution is -2.41. The number of nitrogens with one attached hydrogen (secondary N) is 2. The third kappa shape index (κ3) is 27.4. The monoisotopic (exact) mass is 2080 g/mol. The maximum absolute atomic E-state index is 13.0. The summed E-state index contributed by atoms with van der Waals surface area (Å²) in [6.45, 7) is 24.3. The first-order valence-corrected chi connectivity index (χ1v) is 45.8. The van der Waals surface area contributed by atoms with Crippen molar-refractivity contribution in [1.29, 1.82) is 10.5 Å². The van der Waals surface area contributed by atoms with E-state index in [1.165, 1.54) is 26.0 Å². The fraction of sp³-hybridized carbons (Fsp3) is 0.317. The number of nitriles is 2. The van der Waals surface area contributed by atoms with Crippen LogP contribution in [0.4, 0.5) is 17.1 Å². The van der Waals surface area contributed by atoms with Crippen LogP contribution in [0.15, 0.2) is 164 Å². The predicted octanol–water partition coefficient (Wildman–Crippen LogP) is 18.6. The largest absolute Gasteiger partial charge is 0.496 e. The number of ether oxygens (including phenoxy) is 13. The molecule has 0 spiro atoms. The van der Waals surface area contributed by atoms with Crippen molar-refractivity contribution in [2.45, 2.75) is 133 Å². The molecule has 0 aliphatic carbocycles. The minimum Gasteiger partial charge on any atom is -0.491 e. The highest BCUT2D eigenvalue weighted by molar-refractivity contribution is 9.10. The summed E-state index contributed by atoms with van der Waals surface area (Å²) in [7, 11) is 19.3. The number of hydrogen-bond acceptors (Lipinski definition) is 31. The van der Waals surface area contributed by atoms with Crippen LogP contribution in [0.1, 0.15) is 156 Å². The molecule has 0 unspecified atom stereocenters. The van der Waals surface area contributed by atoms with Gasteiger partial charge >= 0.3 is 25.0 Å². The summed E-state index contributed by atoms with van der Waals surface area (Å²) in [5, 5.41) is 33.9. The number of anilines is 3. The van der Waals surface area contributed by atoms with E-state index in [0.29, 0.717) is 117 Å². The molecule has 0 saturated carbocycles. The molecule has 4 N–H and O–H groups in total. The van der Waals surface area contributed by atoms with Crippen molar-refractivity contribution in [3.63, 3.8) is 0 Å². The molecule has 1 saturated heterocycles. The van der Waals surface area contributed by atoms with E-state index < -0.39 is 7.12 Å². The van der Waals surface area contributed by atoms with Gasteiger partial charge in [-0.05, 0) is 215 Å². The third-order valence-corrected chi connectivity index (χ3v) is 23.9. The number of benzene rings is 5. The number of nitrogens with zero attached hydrogens (tertiary/aromatic N) is 13. The zero-order valence-electron chi connectivity index (χ0n) is 83.9. The first-order valence-electron chi connectivity index (χ1n) is 43.9. The Kier molecular flexibility index (Phi) is 41.2. The molecule has 0 atom stereocenters. The van der Waals surface area contributed by atoms with Gasteiger partial charge in [0.05, 0.1) is 181 Å². The summed E-state index contributed by atoms with van der Waals surface area (Å²) in [5.74, 6) is 3.96. The van der Waals surface area contributed by atoms with Crippen LogP contribution in [0.5, 0.6) is 58.1 Å². The van der Waals surface area contributed by atoms with E-state index in [1.54, 1.807) is 149 Å². The highest BCUT2D eigenvalue weighted by Gasteiger charge is 2.52. The Hall–Kier alpha value is -15.4. The topological polar surface area (TPSA) is 444 Å². The maximum atomic E-state index is 13.0. The number of aromatic amines is 2. The normalized spacial score (nSPS) is 12.3. The van der Waals surface area contributed by atoms with E-state index >= 15 is 0 Å². The van der Waals surface area contributed by atoms with Crippen LogP contribution in [0.2, 0.25) is 0 Å². The summed E-state index contributed by atoms with van der Waals surface area (Å²) >= 11 is 6.80. The van der Waals surface area contributed by atoms with Gasteiger partial charge < -0.3 is 86.4 Å². The van der Waals surface area contributed by atoms with Crippen molar-refractivity contribution in [2.75, 3.05) is 108 Å². The zero-order chi connectivity index (χ0) is 104. The summed E-state index contributed by atoms with van der Waals surface area (Å²) < 4.78 is 81.1. The first-order chi connectivity index (χ1) is 67.9. The van der Waals surface area contributed by atoms with Gasteiger partial charge in [0.1, 0.15) is 6.54 Å². The molecule has 143 heavy (non-hydrogen) atoms. The molecule has 5 aromatic carbocycles. The fourth-order valence-electron chi connectivity index (χ4n) is 15.2. The van der Waals surface area contributed by atoms with Gasteiger partial charge in [-0.25, -0.2) is 39.3 Å². The molecular formula is C104H119BBr2N16O20. The van der Waals surface area contributed by atoms with Gasteiger partial charge in [0, 0.05) is 105 Å². The molecular weight excluding hydrogens is 1960 g/mol. The lowest BCUT2D eigenvalue weighted by molar-refractivity contribution is 0.00578. The molecule has 3 aliphatic rings. The first kappa shape index (κ1) is 113. The Morgan fingerprint density at radius 3 is 1.12 bits per heavy atom. The fourth-order valence-corrected chi connectivity index (χ4v) is 16.3.